The van der Waals surface area contributed by atoms with Gasteiger partial charge in [0.15, 0.2) is 5.60 Å². The molecule has 0 saturated carbocycles. The number of nitro groups is 1. The van der Waals surface area contributed by atoms with Crippen molar-refractivity contribution in [1.29, 1.82) is 0 Å². The lowest BCUT2D eigenvalue weighted by Crippen LogP contribution is -2.51. The maximum absolute atomic E-state index is 15.3. The highest BCUT2D eigenvalue weighted by molar-refractivity contribution is 6.91. The van der Waals surface area contributed by atoms with Crippen LogP contribution in [0.3, 0.4) is 0 Å². The average molecular weight is 803 g/mol. The molecular weight excluding hydrogens is 757 g/mol. The van der Waals surface area contributed by atoms with E-state index < -0.39 is 30.8 Å². The van der Waals surface area contributed by atoms with E-state index in [1.807, 2.05) is 72.9 Å². The predicted molar refractivity (Wildman–Crippen MR) is 219 cm³/mol. The summed E-state index contributed by atoms with van der Waals surface area (Å²) in [6.07, 6.45) is 1.49. The molecule has 2 saturated heterocycles. The van der Waals surface area contributed by atoms with Crippen molar-refractivity contribution in [1.82, 2.24) is 15.0 Å². The lowest BCUT2D eigenvalue weighted by atomic mass is 9.82. The van der Waals surface area contributed by atoms with Crippen molar-refractivity contribution in [2.45, 2.75) is 62.7 Å². The maximum Gasteiger partial charge on any atom is 0.414 e. The molecule has 3 aliphatic heterocycles. The Morgan fingerprint density at radius 1 is 1.03 bits per heavy atom. The highest BCUT2D eigenvalue weighted by Crippen LogP contribution is 2.60. The number of non-ortho nitro benzene ring substituents is 1. The van der Waals surface area contributed by atoms with Crippen LogP contribution >= 0.6 is 0 Å². The molecule has 0 bridgehead atoms. The molecule has 1 N–H and O–H groups in total. The van der Waals surface area contributed by atoms with E-state index in [9.17, 15) is 20.0 Å². The van der Waals surface area contributed by atoms with Gasteiger partial charge in [0.2, 0.25) is 0 Å². The number of fused-ring (bicyclic) bond motifs is 2. The molecule has 300 valence electrons. The van der Waals surface area contributed by atoms with Crippen LogP contribution in [-0.4, -0.2) is 78.1 Å². The SMILES string of the molecule is COc1ccc([Si](C)(C)[C@H]2[C@H](CCn3cc(C(CO)c4ccccc4)nn3)O[C@@]3(C(=O)N(Cc4ccc(N5CCOC5=O)cc4)c4ccc([N+](=O)[O-])cc43)[C@@H]2C)cc1. The van der Waals surface area contributed by atoms with E-state index in [2.05, 4.69) is 42.5 Å². The Labute approximate surface area is 337 Å². The van der Waals surface area contributed by atoms with Gasteiger partial charge in [0.1, 0.15) is 12.4 Å². The maximum atomic E-state index is 15.3. The smallest absolute Gasteiger partial charge is 0.414 e. The zero-order chi connectivity index (χ0) is 40.8. The molecule has 14 nitrogen and oxygen atoms in total. The molecule has 15 heteroatoms. The number of methoxy groups -OCH3 is 1. The van der Waals surface area contributed by atoms with Crippen LogP contribution in [0.4, 0.5) is 21.9 Å². The molecule has 0 aliphatic carbocycles. The van der Waals surface area contributed by atoms with Crippen LogP contribution in [0.1, 0.15) is 41.6 Å². The van der Waals surface area contributed by atoms with Gasteiger partial charge in [-0.05, 0) is 53.4 Å². The van der Waals surface area contributed by atoms with Crippen LogP contribution in [0.15, 0.2) is 103 Å². The summed E-state index contributed by atoms with van der Waals surface area (Å²) in [5, 5.41) is 32.6. The van der Waals surface area contributed by atoms with E-state index in [-0.39, 0.29) is 42.1 Å². The van der Waals surface area contributed by atoms with Crippen LogP contribution in [-0.2, 0) is 33.0 Å². The van der Waals surface area contributed by atoms with E-state index in [1.165, 1.54) is 12.1 Å². The highest BCUT2D eigenvalue weighted by atomic mass is 28.3. The number of nitro benzene ring substituents is 1. The second-order valence-electron chi connectivity index (χ2n) is 15.8. The number of hydrogen-bond donors (Lipinski definition) is 1. The van der Waals surface area contributed by atoms with E-state index in [0.717, 1.165) is 22.1 Å². The van der Waals surface area contributed by atoms with Crippen LogP contribution in [0.25, 0.3) is 0 Å². The lowest BCUT2D eigenvalue weighted by Gasteiger charge is -2.37. The van der Waals surface area contributed by atoms with Crippen molar-refractivity contribution in [3.05, 3.63) is 136 Å². The number of aryl methyl sites for hydroxylation is 1. The summed E-state index contributed by atoms with van der Waals surface area (Å²) in [5.41, 5.74) is 2.40. The summed E-state index contributed by atoms with van der Waals surface area (Å²) < 4.78 is 19.6. The number of carbonyl (C=O) groups is 2. The number of ether oxygens (including phenoxy) is 3. The molecule has 8 rings (SSSR count). The minimum Gasteiger partial charge on any atom is -0.497 e. The molecule has 58 heavy (non-hydrogen) atoms. The van der Waals surface area contributed by atoms with Gasteiger partial charge in [0, 0.05) is 42.0 Å². The van der Waals surface area contributed by atoms with Gasteiger partial charge in [-0.2, -0.15) is 0 Å². The number of aromatic nitrogens is 3. The fourth-order valence-electron chi connectivity index (χ4n) is 9.33. The Balaban J connectivity index is 1.16. The van der Waals surface area contributed by atoms with Crippen LogP contribution in [0, 0.1) is 16.0 Å². The molecule has 0 radical (unpaired) electrons. The summed E-state index contributed by atoms with van der Waals surface area (Å²) in [4.78, 5) is 42.5. The van der Waals surface area contributed by atoms with Crippen molar-refractivity contribution < 1.29 is 33.8 Å². The van der Waals surface area contributed by atoms with Crippen LogP contribution in [0.5, 0.6) is 5.75 Å². The van der Waals surface area contributed by atoms with Gasteiger partial charge in [0.25, 0.3) is 11.6 Å². The number of cyclic esters (lactones) is 1. The summed E-state index contributed by atoms with van der Waals surface area (Å²) >= 11 is 0. The standard InChI is InChI=1S/C43H46N6O8Si/c1-28-40(58(3,4)34-17-15-33(55-2)16-18-34)39(20-21-46-26-37(44-45-46)35(27-50)30-8-6-5-7-9-30)57-43(28)36-24-32(49(53)54)14-19-38(36)48(41(43)51)25-29-10-12-31(13-11-29)47-22-23-56-42(47)52/h5-19,24,26,28,35,39-40,50H,20-23,25,27H2,1-4H3/t28-,35?,39+,40-,43+/m1/s1. The summed E-state index contributed by atoms with van der Waals surface area (Å²) in [6.45, 7) is 7.89. The zero-order valence-corrected chi connectivity index (χ0v) is 33.9. The van der Waals surface area contributed by atoms with E-state index in [0.29, 0.717) is 48.7 Å². The summed E-state index contributed by atoms with van der Waals surface area (Å²) in [7, 11) is -0.883. The number of amides is 2. The minimum atomic E-state index is -2.52. The Hall–Kier alpha value is -5.90. The number of benzene rings is 4. The van der Waals surface area contributed by atoms with Gasteiger partial charge >= 0.3 is 6.09 Å². The van der Waals surface area contributed by atoms with E-state index >= 15 is 4.79 Å². The number of hydrogen-bond acceptors (Lipinski definition) is 10. The number of rotatable bonds is 13. The Kier molecular flexibility index (Phi) is 10.4. The van der Waals surface area contributed by atoms with Crippen molar-refractivity contribution in [2.75, 3.05) is 36.7 Å². The monoisotopic (exact) mass is 802 g/mol. The van der Waals surface area contributed by atoms with Gasteiger partial charge in [-0.3, -0.25) is 24.5 Å². The number of aliphatic hydroxyl groups is 1. The van der Waals surface area contributed by atoms with Crippen molar-refractivity contribution >= 4 is 42.3 Å². The number of nitrogens with zero attached hydrogens (tertiary/aromatic N) is 6. The van der Waals surface area contributed by atoms with Crippen LogP contribution in [0.2, 0.25) is 18.6 Å². The fraction of sp³-hybridized carbons (Fsp3) is 0.349. The first-order valence-electron chi connectivity index (χ1n) is 19.5. The largest absolute Gasteiger partial charge is 0.497 e. The third kappa shape index (κ3) is 6.72. The first-order chi connectivity index (χ1) is 28.0. The van der Waals surface area contributed by atoms with Crippen molar-refractivity contribution in [3.63, 3.8) is 0 Å². The molecule has 1 spiro atoms. The molecule has 2 fully saturated rings. The third-order valence-electron chi connectivity index (χ3n) is 12.3. The summed E-state index contributed by atoms with van der Waals surface area (Å²) in [5.74, 6) is -0.248. The van der Waals surface area contributed by atoms with Gasteiger partial charge in [-0.1, -0.05) is 85.0 Å². The van der Waals surface area contributed by atoms with Gasteiger partial charge in [-0.25, -0.2) is 4.79 Å². The highest BCUT2D eigenvalue weighted by Gasteiger charge is 2.66. The predicted octanol–water partition coefficient (Wildman–Crippen LogP) is 6.13. The molecule has 5 aromatic rings. The molecule has 1 unspecified atom stereocenters. The van der Waals surface area contributed by atoms with Gasteiger partial charge < -0.3 is 24.2 Å². The molecule has 2 amide bonds. The molecule has 4 heterocycles. The normalized spacial score (nSPS) is 22.1. The molecule has 4 aromatic carbocycles. The summed E-state index contributed by atoms with van der Waals surface area (Å²) in [6, 6.07) is 29.8. The number of aliphatic hydroxyl groups excluding tert-OH is 1. The molecule has 3 aliphatic rings. The third-order valence-corrected chi connectivity index (χ3v) is 16.7. The Morgan fingerprint density at radius 3 is 2.43 bits per heavy atom. The Bertz CT molecular complexity index is 2320. The van der Waals surface area contributed by atoms with Gasteiger partial charge in [-0.15, -0.1) is 5.10 Å². The fourth-order valence-corrected chi connectivity index (χ4v) is 13.4. The second-order valence-corrected chi connectivity index (χ2v) is 20.5. The zero-order valence-electron chi connectivity index (χ0n) is 32.9. The van der Waals surface area contributed by atoms with Gasteiger partial charge in [0.05, 0.1) is 63.2 Å². The lowest BCUT2D eigenvalue weighted by molar-refractivity contribution is -0.385. The average Bonchev–Trinajstić information content (AvgIpc) is 4.01. The number of anilines is 2. The molecular formula is C43H46N6O8Si. The van der Waals surface area contributed by atoms with E-state index in [1.54, 1.807) is 27.7 Å². The van der Waals surface area contributed by atoms with Crippen molar-refractivity contribution in [2.24, 2.45) is 5.92 Å². The molecule has 5 atom stereocenters. The quantitative estimate of drug-likeness (QED) is 0.0833. The van der Waals surface area contributed by atoms with E-state index in [4.69, 9.17) is 14.2 Å². The Morgan fingerprint density at radius 2 is 1.78 bits per heavy atom. The first kappa shape index (κ1) is 38.9. The van der Waals surface area contributed by atoms with Crippen LogP contribution < -0.4 is 19.7 Å². The second kappa shape index (κ2) is 15.5. The first-order valence-corrected chi connectivity index (χ1v) is 22.6. The topological polar surface area (TPSA) is 162 Å². The minimum absolute atomic E-state index is 0.117. The number of carbonyl (C=O) groups excluding carboxylic acids is 2. The molecule has 1 aromatic heterocycles. The van der Waals surface area contributed by atoms with Crippen molar-refractivity contribution in [3.8, 4) is 5.75 Å².